The van der Waals surface area contributed by atoms with E-state index in [0.29, 0.717) is 6.42 Å². The number of hydrogen-bond donors (Lipinski definition) is 2. The fourth-order valence-corrected chi connectivity index (χ4v) is 4.23. The molecule has 0 aliphatic carbocycles. The molecule has 0 aromatic carbocycles. The van der Waals surface area contributed by atoms with Gasteiger partial charge in [0.15, 0.2) is 0 Å². The van der Waals surface area contributed by atoms with Crippen molar-refractivity contribution in [1.29, 1.82) is 0 Å². The minimum absolute atomic E-state index is 0.0666. The predicted octanol–water partition coefficient (Wildman–Crippen LogP) is 4.45. The highest BCUT2D eigenvalue weighted by Gasteiger charge is 2.60. The van der Waals surface area contributed by atoms with Gasteiger partial charge in [-0.1, -0.05) is 28.9 Å². The Kier molecular flexibility index (Phi) is 9.37. The topological polar surface area (TPSA) is 71.4 Å². The van der Waals surface area contributed by atoms with Gasteiger partial charge in [0.2, 0.25) is 6.04 Å². The molecule has 1 saturated heterocycles. The summed E-state index contributed by atoms with van der Waals surface area (Å²) in [6.45, 7) is 9.92. The lowest BCUT2D eigenvalue weighted by atomic mass is 9.96. The molecule has 5 nitrogen and oxygen atoms in total. The number of imide groups is 1. The van der Waals surface area contributed by atoms with Crippen molar-refractivity contribution in [2.45, 2.75) is 78.8 Å². The van der Waals surface area contributed by atoms with Crippen molar-refractivity contribution >= 4 is 30.4 Å². The summed E-state index contributed by atoms with van der Waals surface area (Å²) in [5, 5.41) is 9.80. The third-order valence-corrected chi connectivity index (χ3v) is 5.79. The van der Waals surface area contributed by atoms with Gasteiger partial charge in [0.1, 0.15) is 6.04 Å². The summed E-state index contributed by atoms with van der Waals surface area (Å²) < 4.78 is -0.649. The minimum Gasteiger partial charge on any atom is -0.477 e. The smallest absolute Gasteiger partial charge is 0.364 e. The number of hydrogen-bond acceptors (Lipinski definition) is 4. The normalized spacial score (nSPS) is 19.5. The van der Waals surface area contributed by atoms with Crippen LogP contribution < -0.4 is 0 Å². The van der Waals surface area contributed by atoms with Gasteiger partial charge in [0.25, 0.3) is 0 Å². The first kappa shape index (κ1) is 24.4. The number of likely N-dealkylation sites (tertiary alicyclic amines) is 1. The van der Waals surface area contributed by atoms with E-state index in [9.17, 15) is 19.5 Å². The Morgan fingerprint density at radius 1 is 1.14 bits per heavy atom. The van der Waals surface area contributed by atoms with Crippen molar-refractivity contribution in [3.05, 3.63) is 34.9 Å². The Labute approximate surface area is 174 Å². The summed E-state index contributed by atoms with van der Waals surface area (Å²) in [6, 6.07) is -1.71. The summed E-state index contributed by atoms with van der Waals surface area (Å²) in [5.41, 5.74) is 3.31. The molecule has 1 N–H and O–H groups in total. The van der Waals surface area contributed by atoms with E-state index >= 15 is 0 Å². The van der Waals surface area contributed by atoms with E-state index in [-0.39, 0.29) is 30.4 Å². The van der Waals surface area contributed by atoms with Gasteiger partial charge >= 0.3 is 17.8 Å². The van der Waals surface area contributed by atoms with Crippen molar-refractivity contribution < 1.29 is 24.0 Å². The van der Waals surface area contributed by atoms with Crippen molar-refractivity contribution in [2.75, 3.05) is 5.75 Å². The quantitative estimate of drug-likeness (QED) is 0.242. The number of allylic oxidation sites excluding steroid dienone is 4. The van der Waals surface area contributed by atoms with Crippen LogP contribution in [0.15, 0.2) is 34.9 Å². The molecule has 0 aromatic heterocycles. The van der Waals surface area contributed by atoms with Crippen LogP contribution in [-0.4, -0.2) is 45.2 Å². The second-order valence-electron chi connectivity index (χ2n) is 7.84. The summed E-state index contributed by atoms with van der Waals surface area (Å²) in [5.74, 6) is -1.84. The van der Waals surface area contributed by atoms with Gasteiger partial charge in [-0.2, -0.15) is 17.1 Å². The third-order valence-electron chi connectivity index (χ3n) is 5.44. The number of nitrogens with zero attached hydrogens (tertiary/aromatic N) is 1. The zero-order valence-electron chi connectivity index (χ0n) is 17.7. The molecule has 1 aliphatic heterocycles. The van der Waals surface area contributed by atoms with Crippen LogP contribution in [-0.2, 0) is 14.4 Å². The number of carbonyl (C=O) groups is 3. The number of rotatable bonds is 10. The average Bonchev–Trinajstić information content (AvgIpc) is 2.90. The van der Waals surface area contributed by atoms with Gasteiger partial charge in [0.05, 0.1) is 18.6 Å². The Morgan fingerprint density at radius 3 is 2.14 bits per heavy atom. The Balaban J connectivity index is 3.48. The van der Waals surface area contributed by atoms with Gasteiger partial charge in [-0.25, -0.2) is 14.4 Å². The van der Waals surface area contributed by atoms with E-state index in [4.69, 9.17) is 0 Å². The van der Waals surface area contributed by atoms with Gasteiger partial charge in [-0.15, -0.1) is 0 Å². The number of thiol groups is 1. The van der Waals surface area contributed by atoms with Crippen LogP contribution in [0.2, 0.25) is 0 Å². The maximum absolute atomic E-state index is 13.0. The largest absolute Gasteiger partial charge is 0.477 e. The Hall–Kier alpha value is -1.66. The standard InChI is InChI=1S/C22H33NO4S/c1-6-16(4)12-18(13-17(5)9-7-8-15(2)3)23(19(14-28)22(26)27)20(24)10-11-21(23)25/h6,8,13,18-19H,7,9-12,14H2,1-5H3,(H-,26,27,28)/p+1/t18?,19-/m0/s1. The molecular formula is C22H34NO4S+. The van der Waals surface area contributed by atoms with Crippen LogP contribution in [0.25, 0.3) is 0 Å². The van der Waals surface area contributed by atoms with E-state index in [1.54, 1.807) is 0 Å². The number of carbonyl (C=O) groups excluding carboxylic acids is 2. The van der Waals surface area contributed by atoms with Crippen LogP contribution >= 0.6 is 12.6 Å². The molecule has 6 heteroatoms. The van der Waals surface area contributed by atoms with Crippen LogP contribution in [0.1, 0.15) is 66.7 Å². The second kappa shape index (κ2) is 10.8. The molecule has 0 spiro atoms. The summed E-state index contributed by atoms with van der Waals surface area (Å²) in [6.07, 6.45) is 8.36. The fourth-order valence-electron chi connectivity index (χ4n) is 3.82. The highest BCUT2D eigenvalue weighted by molar-refractivity contribution is 7.80. The number of aliphatic carboxylic acids is 1. The van der Waals surface area contributed by atoms with Crippen molar-refractivity contribution in [1.82, 2.24) is 0 Å². The number of quaternary nitrogens is 1. The SMILES string of the molecule is CC=C(C)CC(C=C(C)CCC=C(C)C)[N+]1([C@@H](CS)C(=O)O)C(=O)CCC1=O. The van der Waals surface area contributed by atoms with Gasteiger partial charge in [-0.3, -0.25) is 0 Å². The predicted molar refractivity (Wildman–Crippen MR) is 115 cm³/mol. The molecule has 0 saturated carbocycles. The average molecular weight is 409 g/mol. The number of amides is 2. The zero-order chi connectivity index (χ0) is 21.5. The molecule has 0 aromatic rings. The molecule has 0 bridgehead atoms. The number of carboxylic acid groups (broad SMARTS) is 1. The summed E-state index contributed by atoms with van der Waals surface area (Å²) in [7, 11) is 0. The molecule has 28 heavy (non-hydrogen) atoms. The zero-order valence-corrected chi connectivity index (χ0v) is 18.6. The highest BCUT2D eigenvalue weighted by Crippen LogP contribution is 2.35. The van der Waals surface area contributed by atoms with E-state index in [1.165, 1.54) is 5.57 Å². The molecule has 2 amide bonds. The van der Waals surface area contributed by atoms with Crippen molar-refractivity contribution in [3.63, 3.8) is 0 Å². The van der Waals surface area contributed by atoms with E-state index in [2.05, 4.69) is 18.7 Å². The third kappa shape index (κ3) is 5.45. The molecule has 1 unspecified atom stereocenters. The Bertz CT molecular complexity index is 685. The van der Waals surface area contributed by atoms with Gasteiger partial charge in [-0.05, 0) is 53.5 Å². The molecule has 1 heterocycles. The maximum Gasteiger partial charge on any atom is 0.364 e. The summed E-state index contributed by atoms with van der Waals surface area (Å²) in [4.78, 5) is 38.0. The first-order valence-corrected chi connectivity index (χ1v) is 10.5. The highest BCUT2D eigenvalue weighted by atomic mass is 32.1. The van der Waals surface area contributed by atoms with Gasteiger partial charge < -0.3 is 5.11 Å². The maximum atomic E-state index is 13.0. The van der Waals surface area contributed by atoms with Gasteiger partial charge in [0, 0.05) is 6.42 Å². The van der Waals surface area contributed by atoms with Crippen LogP contribution in [0, 0.1) is 0 Å². The lowest BCUT2D eigenvalue weighted by molar-refractivity contribution is -0.808. The van der Waals surface area contributed by atoms with E-state index in [0.717, 1.165) is 24.0 Å². The molecule has 1 rings (SSSR count). The van der Waals surface area contributed by atoms with Crippen LogP contribution in [0.5, 0.6) is 0 Å². The van der Waals surface area contributed by atoms with E-state index in [1.807, 2.05) is 46.8 Å². The number of carboxylic acids is 1. The molecule has 2 atom stereocenters. The summed E-state index contributed by atoms with van der Waals surface area (Å²) >= 11 is 4.20. The molecule has 1 aliphatic rings. The molecule has 156 valence electrons. The monoisotopic (exact) mass is 408 g/mol. The van der Waals surface area contributed by atoms with Crippen molar-refractivity contribution in [3.8, 4) is 0 Å². The van der Waals surface area contributed by atoms with E-state index < -0.39 is 22.5 Å². The fraction of sp³-hybridized carbons (Fsp3) is 0.591. The minimum atomic E-state index is -1.18. The lowest BCUT2D eigenvalue weighted by Gasteiger charge is -2.39. The van der Waals surface area contributed by atoms with Crippen molar-refractivity contribution in [2.24, 2.45) is 0 Å². The van der Waals surface area contributed by atoms with Crippen LogP contribution in [0.3, 0.4) is 0 Å². The second-order valence-corrected chi connectivity index (χ2v) is 8.21. The first-order valence-electron chi connectivity index (χ1n) is 9.82. The molecular weight excluding hydrogens is 374 g/mol. The van der Waals surface area contributed by atoms with Crippen LogP contribution in [0.4, 0.5) is 0 Å². The Morgan fingerprint density at radius 2 is 1.71 bits per heavy atom. The first-order chi connectivity index (χ1) is 13.1. The molecule has 0 radical (unpaired) electrons. The molecule has 1 fully saturated rings. The lowest BCUT2D eigenvalue weighted by Crippen LogP contribution is -2.67.